The molecule has 3 aliphatic rings. The largest absolute Gasteiger partial charge is 0.493 e. The summed E-state index contributed by atoms with van der Waals surface area (Å²) in [7, 11) is 3.81. The third kappa shape index (κ3) is 5.01. The molecule has 2 aliphatic heterocycles. The van der Waals surface area contributed by atoms with E-state index in [-0.39, 0.29) is 23.5 Å². The first-order chi connectivity index (χ1) is 17.0. The maximum absolute atomic E-state index is 13.3. The van der Waals surface area contributed by atoms with E-state index in [0.29, 0.717) is 18.6 Å². The van der Waals surface area contributed by atoms with Crippen LogP contribution >= 0.6 is 11.8 Å². The predicted octanol–water partition coefficient (Wildman–Crippen LogP) is 4.13. The van der Waals surface area contributed by atoms with Crippen LogP contribution in [0.2, 0.25) is 0 Å². The number of alkyl carbamates (subject to hydrolysis) is 1. The first-order valence-electron chi connectivity index (χ1n) is 12.7. The number of rotatable bonds is 7. The number of methoxy groups -OCH3 is 1. The Kier molecular flexibility index (Phi) is 7.72. The SMILES string of the molecule is COc1ccc2c3c1O[C@H]1C[C@H](OC(=O)[C@H](CCSC)NC(=O)OC(C)(C)C)C(C)[C@@]31CCN(C)C2. The van der Waals surface area contributed by atoms with Crippen molar-refractivity contribution in [3.63, 3.8) is 0 Å². The Balaban J connectivity index is 1.56. The van der Waals surface area contributed by atoms with Gasteiger partial charge in [0.05, 0.1) is 7.11 Å². The molecule has 4 rings (SSSR count). The Hall–Kier alpha value is -2.13. The molecule has 0 saturated heterocycles. The monoisotopic (exact) mass is 520 g/mol. The molecule has 200 valence electrons. The van der Waals surface area contributed by atoms with Crippen LogP contribution in [0.4, 0.5) is 4.79 Å². The summed E-state index contributed by atoms with van der Waals surface area (Å²) >= 11 is 1.62. The Bertz CT molecular complexity index is 995. The number of ether oxygens (including phenoxy) is 4. The lowest BCUT2D eigenvalue weighted by molar-refractivity contribution is -0.153. The van der Waals surface area contributed by atoms with E-state index in [4.69, 9.17) is 18.9 Å². The molecule has 0 radical (unpaired) electrons. The zero-order valence-corrected chi connectivity index (χ0v) is 23.3. The van der Waals surface area contributed by atoms with Crippen molar-refractivity contribution in [2.45, 2.75) is 82.8 Å². The molecule has 1 aliphatic carbocycles. The molecule has 9 heteroatoms. The number of thioether (sulfide) groups is 1. The van der Waals surface area contributed by atoms with Crippen molar-refractivity contribution in [1.82, 2.24) is 10.2 Å². The molecule has 1 amide bonds. The van der Waals surface area contributed by atoms with E-state index in [1.807, 2.05) is 12.3 Å². The van der Waals surface area contributed by atoms with Crippen molar-refractivity contribution in [1.29, 1.82) is 0 Å². The molecule has 36 heavy (non-hydrogen) atoms. The van der Waals surface area contributed by atoms with Gasteiger partial charge in [-0.2, -0.15) is 11.8 Å². The second-order valence-electron chi connectivity index (χ2n) is 11.2. The van der Waals surface area contributed by atoms with E-state index in [1.165, 1.54) is 11.1 Å². The zero-order chi connectivity index (χ0) is 26.3. The van der Waals surface area contributed by atoms with Crippen LogP contribution in [-0.2, 0) is 26.2 Å². The number of carbonyl (C=O) groups is 2. The predicted molar refractivity (Wildman–Crippen MR) is 140 cm³/mol. The van der Waals surface area contributed by atoms with Crippen LogP contribution < -0.4 is 14.8 Å². The number of nitrogens with zero attached hydrogens (tertiary/aromatic N) is 1. The number of amides is 1. The number of hydrogen-bond donors (Lipinski definition) is 1. The quantitative estimate of drug-likeness (QED) is 0.537. The van der Waals surface area contributed by atoms with Gasteiger partial charge in [-0.1, -0.05) is 13.0 Å². The van der Waals surface area contributed by atoms with Gasteiger partial charge in [0.15, 0.2) is 11.5 Å². The number of carbonyl (C=O) groups excluding carboxylic acids is 2. The standard InChI is InChI=1S/C27H40N2O6S/c1-16-20(33-24(30)18(10-13-36-7)28-25(31)35-26(2,3)4)14-21-27(16)11-12-29(5)15-17-8-9-19(32-6)23(34-21)22(17)27/h8-9,16,18,20-21H,10-15H2,1-7H3,(H,28,31)/t16?,18-,20-,21-,27+/m0/s1. The van der Waals surface area contributed by atoms with Gasteiger partial charge >= 0.3 is 12.1 Å². The maximum atomic E-state index is 13.3. The van der Waals surface area contributed by atoms with Gasteiger partial charge in [-0.05, 0) is 70.8 Å². The van der Waals surface area contributed by atoms with Crippen molar-refractivity contribution in [3.05, 3.63) is 23.3 Å². The van der Waals surface area contributed by atoms with Gasteiger partial charge in [0, 0.05) is 29.9 Å². The second-order valence-corrected chi connectivity index (χ2v) is 12.2. The molecular weight excluding hydrogens is 480 g/mol. The van der Waals surface area contributed by atoms with E-state index in [2.05, 4.69) is 30.3 Å². The summed E-state index contributed by atoms with van der Waals surface area (Å²) in [5, 5.41) is 2.73. The minimum absolute atomic E-state index is 0.0489. The fourth-order valence-electron chi connectivity index (χ4n) is 6.03. The molecule has 2 heterocycles. The van der Waals surface area contributed by atoms with E-state index in [1.54, 1.807) is 39.6 Å². The zero-order valence-electron chi connectivity index (χ0n) is 22.5. The fourth-order valence-corrected chi connectivity index (χ4v) is 6.51. The molecule has 1 aromatic rings. The van der Waals surface area contributed by atoms with Gasteiger partial charge in [0.2, 0.25) is 0 Å². The summed E-state index contributed by atoms with van der Waals surface area (Å²) in [6, 6.07) is 3.37. The fraction of sp³-hybridized carbons (Fsp3) is 0.704. The molecule has 1 saturated carbocycles. The molecule has 1 fully saturated rings. The van der Waals surface area contributed by atoms with Gasteiger partial charge in [0.25, 0.3) is 0 Å². The lowest BCUT2D eigenvalue weighted by atomic mass is 9.69. The van der Waals surface area contributed by atoms with Crippen molar-refractivity contribution < 1.29 is 28.5 Å². The van der Waals surface area contributed by atoms with Crippen LogP contribution in [-0.4, -0.2) is 73.5 Å². The van der Waals surface area contributed by atoms with Crippen molar-refractivity contribution >= 4 is 23.8 Å². The molecule has 0 aromatic heterocycles. The lowest BCUT2D eigenvalue weighted by Crippen LogP contribution is -2.46. The molecule has 1 unspecified atom stereocenters. The van der Waals surface area contributed by atoms with Crippen molar-refractivity contribution in [3.8, 4) is 11.5 Å². The number of benzene rings is 1. The van der Waals surface area contributed by atoms with Gasteiger partial charge < -0.3 is 29.2 Å². The van der Waals surface area contributed by atoms with E-state index < -0.39 is 23.7 Å². The molecule has 1 N–H and O–H groups in total. The van der Waals surface area contributed by atoms with Crippen LogP contribution in [0.25, 0.3) is 0 Å². The molecule has 0 bridgehead atoms. The highest BCUT2D eigenvalue weighted by Gasteiger charge is 2.62. The topological polar surface area (TPSA) is 86.3 Å². The highest BCUT2D eigenvalue weighted by Crippen LogP contribution is 2.61. The van der Waals surface area contributed by atoms with E-state index in [0.717, 1.165) is 31.0 Å². The van der Waals surface area contributed by atoms with Gasteiger partial charge in [-0.15, -0.1) is 0 Å². The van der Waals surface area contributed by atoms with Crippen molar-refractivity contribution in [2.24, 2.45) is 5.92 Å². The summed E-state index contributed by atoms with van der Waals surface area (Å²) in [6.45, 7) is 9.33. The van der Waals surface area contributed by atoms with Gasteiger partial charge in [-0.3, -0.25) is 0 Å². The molecule has 5 atom stereocenters. The Labute approximate surface area is 218 Å². The van der Waals surface area contributed by atoms with Crippen molar-refractivity contribution in [2.75, 3.05) is 32.7 Å². The third-order valence-corrected chi connectivity index (χ3v) is 8.39. The third-order valence-electron chi connectivity index (χ3n) is 7.75. The highest BCUT2D eigenvalue weighted by molar-refractivity contribution is 7.98. The summed E-state index contributed by atoms with van der Waals surface area (Å²) in [6.07, 6.45) is 2.96. The Morgan fingerprint density at radius 2 is 2.08 bits per heavy atom. The van der Waals surface area contributed by atoms with Crippen LogP contribution in [0.15, 0.2) is 12.1 Å². The molecule has 1 aromatic carbocycles. The van der Waals surface area contributed by atoms with Gasteiger partial charge in [-0.25, -0.2) is 9.59 Å². The molecule has 1 spiro atoms. The average Bonchev–Trinajstić information content (AvgIpc) is 3.19. The minimum Gasteiger partial charge on any atom is -0.493 e. The molecule has 8 nitrogen and oxygen atoms in total. The highest BCUT2D eigenvalue weighted by atomic mass is 32.2. The number of nitrogens with one attached hydrogen (secondary N) is 1. The van der Waals surface area contributed by atoms with Crippen LogP contribution in [0.1, 0.15) is 58.1 Å². The summed E-state index contributed by atoms with van der Waals surface area (Å²) in [5.74, 6) is 1.95. The van der Waals surface area contributed by atoms with E-state index >= 15 is 0 Å². The molecular formula is C27H40N2O6S. The Morgan fingerprint density at radius 3 is 2.75 bits per heavy atom. The summed E-state index contributed by atoms with van der Waals surface area (Å²) < 4.78 is 23.7. The first kappa shape index (κ1) is 26.9. The summed E-state index contributed by atoms with van der Waals surface area (Å²) in [5.41, 5.74) is 1.57. The van der Waals surface area contributed by atoms with Crippen LogP contribution in [0.3, 0.4) is 0 Å². The van der Waals surface area contributed by atoms with Crippen LogP contribution in [0.5, 0.6) is 11.5 Å². The van der Waals surface area contributed by atoms with Crippen LogP contribution in [0, 0.1) is 5.92 Å². The minimum atomic E-state index is -0.762. The normalized spacial score (nSPS) is 27.8. The maximum Gasteiger partial charge on any atom is 0.408 e. The second kappa shape index (κ2) is 10.3. The number of hydrogen-bond acceptors (Lipinski definition) is 8. The Morgan fingerprint density at radius 1 is 1.33 bits per heavy atom. The lowest BCUT2D eigenvalue weighted by Gasteiger charge is -2.34. The van der Waals surface area contributed by atoms with E-state index in [9.17, 15) is 9.59 Å². The first-order valence-corrected chi connectivity index (χ1v) is 14.1. The summed E-state index contributed by atoms with van der Waals surface area (Å²) in [4.78, 5) is 28.1. The average molecular weight is 521 g/mol. The smallest absolute Gasteiger partial charge is 0.408 e. The number of esters is 1. The van der Waals surface area contributed by atoms with Gasteiger partial charge in [0.1, 0.15) is 23.9 Å².